The third-order valence-electron chi connectivity index (χ3n) is 5.96. The number of rotatable bonds is 6. The number of primary amides is 1. The Morgan fingerprint density at radius 3 is 2.51 bits per heavy atom. The summed E-state index contributed by atoms with van der Waals surface area (Å²) in [5.74, 6) is -4.71. The lowest BCUT2D eigenvalue weighted by Crippen LogP contribution is -2.55. The fourth-order valence-electron chi connectivity index (χ4n) is 4.33. The third kappa shape index (κ3) is 7.12. The Balaban J connectivity index is 1.79. The quantitative estimate of drug-likeness (QED) is 0.626. The number of likely N-dealkylation sites (tertiary alicyclic amines) is 1. The van der Waals surface area contributed by atoms with Gasteiger partial charge < -0.3 is 25.6 Å². The van der Waals surface area contributed by atoms with Crippen LogP contribution in [0.1, 0.15) is 51.2 Å². The second-order valence-corrected chi connectivity index (χ2v) is 10.1. The highest BCUT2D eigenvalue weighted by Gasteiger charge is 2.41. The number of carbonyl (C=O) groups excluding carboxylic acids is 4. The van der Waals surface area contributed by atoms with Gasteiger partial charge in [-0.05, 0) is 31.9 Å². The highest BCUT2D eigenvalue weighted by Crippen LogP contribution is 2.28. The number of hydrogen-bond acceptors (Lipinski definition) is 5. The van der Waals surface area contributed by atoms with Crippen LogP contribution in [0.4, 0.5) is 13.6 Å². The van der Waals surface area contributed by atoms with Gasteiger partial charge >= 0.3 is 6.09 Å². The summed E-state index contributed by atoms with van der Waals surface area (Å²) in [5.41, 5.74) is 6.51. The van der Waals surface area contributed by atoms with Gasteiger partial charge in [-0.15, -0.1) is 0 Å². The van der Waals surface area contributed by atoms with Crippen LogP contribution in [0, 0.1) is 0 Å². The van der Waals surface area contributed by atoms with Gasteiger partial charge in [0.05, 0.1) is 12.6 Å². The van der Waals surface area contributed by atoms with E-state index in [1.54, 1.807) is 20.8 Å². The van der Waals surface area contributed by atoms with E-state index in [0.717, 1.165) is 16.0 Å². The Morgan fingerprint density at radius 1 is 1.23 bits per heavy atom. The Labute approximate surface area is 202 Å². The number of benzene rings is 1. The van der Waals surface area contributed by atoms with Crippen molar-refractivity contribution in [3.63, 3.8) is 0 Å². The monoisotopic (exact) mass is 494 g/mol. The van der Waals surface area contributed by atoms with Crippen LogP contribution in [0.15, 0.2) is 24.3 Å². The zero-order chi connectivity index (χ0) is 26.0. The highest BCUT2D eigenvalue weighted by atomic mass is 19.3. The number of alkyl halides is 2. The van der Waals surface area contributed by atoms with Gasteiger partial charge in [-0.3, -0.25) is 14.4 Å². The maximum absolute atomic E-state index is 14.0. The minimum Gasteiger partial charge on any atom is -0.444 e. The predicted molar refractivity (Wildman–Crippen MR) is 122 cm³/mol. The molecule has 2 atom stereocenters. The molecule has 192 valence electrons. The number of amides is 4. The third-order valence-corrected chi connectivity index (χ3v) is 5.96. The summed E-state index contributed by atoms with van der Waals surface area (Å²) >= 11 is 0. The van der Waals surface area contributed by atoms with E-state index in [9.17, 15) is 28.0 Å². The van der Waals surface area contributed by atoms with Gasteiger partial charge in [0.25, 0.3) is 5.92 Å². The minimum absolute atomic E-state index is 0.141. The van der Waals surface area contributed by atoms with Gasteiger partial charge in [-0.25, -0.2) is 13.6 Å². The molecule has 0 bridgehead atoms. The second-order valence-electron chi connectivity index (χ2n) is 10.1. The van der Waals surface area contributed by atoms with Gasteiger partial charge in [0.2, 0.25) is 17.7 Å². The molecule has 3 rings (SSSR count). The Hall–Kier alpha value is -3.24. The van der Waals surface area contributed by atoms with E-state index in [1.807, 2.05) is 24.3 Å². The van der Waals surface area contributed by atoms with Crippen molar-refractivity contribution >= 4 is 23.8 Å². The molecule has 1 aromatic rings. The molecule has 11 heteroatoms. The van der Waals surface area contributed by atoms with Crippen LogP contribution in [0.25, 0.3) is 0 Å². The first kappa shape index (κ1) is 26.4. The molecule has 3 N–H and O–H groups in total. The number of piperidine rings is 1. The molecule has 2 aliphatic heterocycles. The topological polar surface area (TPSA) is 122 Å². The number of ether oxygens (including phenoxy) is 1. The summed E-state index contributed by atoms with van der Waals surface area (Å²) in [6.07, 6.45) is -1.80. The van der Waals surface area contributed by atoms with Crippen LogP contribution >= 0.6 is 0 Å². The number of nitrogens with one attached hydrogen (secondary N) is 1. The predicted octanol–water partition coefficient (Wildman–Crippen LogP) is 1.97. The summed E-state index contributed by atoms with van der Waals surface area (Å²) in [6.45, 7) is 4.01. The number of alkyl carbamates (subject to hydrolysis) is 1. The summed E-state index contributed by atoms with van der Waals surface area (Å²) in [4.78, 5) is 52.5. The molecule has 2 aliphatic rings. The number of nitrogens with zero attached hydrogens (tertiary/aromatic N) is 2. The van der Waals surface area contributed by atoms with Gasteiger partial charge in [0.1, 0.15) is 11.6 Å². The number of nitrogens with two attached hydrogens (primary N) is 1. The van der Waals surface area contributed by atoms with Crippen LogP contribution in [-0.4, -0.2) is 70.3 Å². The molecule has 0 saturated carbocycles. The van der Waals surface area contributed by atoms with Crippen molar-refractivity contribution in [3.8, 4) is 0 Å². The van der Waals surface area contributed by atoms with Crippen LogP contribution < -0.4 is 11.1 Å². The van der Waals surface area contributed by atoms with Crippen LogP contribution in [0.3, 0.4) is 0 Å². The van der Waals surface area contributed by atoms with Crippen molar-refractivity contribution in [3.05, 3.63) is 35.4 Å². The summed E-state index contributed by atoms with van der Waals surface area (Å²) in [6, 6.07) is 5.46. The first-order valence-corrected chi connectivity index (χ1v) is 11.5. The number of halogens is 2. The first-order chi connectivity index (χ1) is 16.2. The molecule has 35 heavy (non-hydrogen) atoms. The molecule has 0 unspecified atom stereocenters. The SMILES string of the molecule is CC(C)(C)OC(=O)N[C@@H](CC(=O)N1Cc2ccccc2C[C@H]1C(N)=O)CN1CC(F)(F)CCC1=O. The van der Waals surface area contributed by atoms with E-state index in [4.69, 9.17) is 10.5 Å². The van der Waals surface area contributed by atoms with E-state index in [1.165, 1.54) is 4.90 Å². The van der Waals surface area contributed by atoms with Crippen molar-refractivity contribution in [2.24, 2.45) is 5.73 Å². The molecule has 1 fully saturated rings. The maximum Gasteiger partial charge on any atom is 0.407 e. The van der Waals surface area contributed by atoms with Crippen molar-refractivity contribution in [2.45, 2.75) is 76.6 Å². The fraction of sp³-hybridized carbons (Fsp3) is 0.583. The molecule has 0 aromatic heterocycles. The average Bonchev–Trinajstić information content (AvgIpc) is 2.73. The molecule has 0 spiro atoms. The van der Waals surface area contributed by atoms with Gasteiger partial charge in [0, 0.05) is 38.8 Å². The molecule has 2 heterocycles. The van der Waals surface area contributed by atoms with Gasteiger partial charge in [0.15, 0.2) is 0 Å². The lowest BCUT2D eigenvalue weighted by atomic mass is 9.93. The van der Waals surface area contributed by atoms with E-state index in [2.05, 4.69) is 5.32 Å². The largest absolute Gasteiger partial charge is 0.444 e. The fourth-order valence-corrected chi connectivity index (χ4v) is 4.33. The molecule has 1 saturated heterocycles. The molecule has 4 amide bonds. The normalized spacial score (nSPS) is 20.6. The van der Waals surface area contributed by atoms with Crippen LogP contribution in [0.2, 0.25) is 0 Å². The van der Waals surface area contributed by atoms with Gasteiger partial charge in [-0.2, -0.15) is 0 Å². The second kappa shape index (κ2) is 10.2. The van der Waals surface area contributed by atoms with Crippen molar-refractivity contribution in [2.75, 3.05) is 13.1 Å². The Bertz CT molecular complexity index is 994. The van der Waals surface area contributed by atoms with E-state index >= 15 is 0 Å². The van der Waals surface area contributed by atoms with Crippen LogP contribution in [0.5, 0.6) is 0 Å². The maximum atomic E-state index is 14.0. The molecule has 9 nitrogen and oxygen atoms in total. The smallest absolute Gasteiger partial charge is 0.407 e. The average molecular weight is 495 g/mol. The zero-order valence-electron chi connectivity index (χ0n) is 20.2. The molecular weight excluding hydrogens is 462 g/mol. The lowest BCUT2D eigenvalue weighted by Gasteiger charge is -2.37. The summed E-state index contributed by atoms with van der Waals surface area (Å²) < 4.78 is 33.2. The molecule has 1 aromatic carbocycles. The number of carbonyl (C=O) groups is 4. The van der Waals surface area contributed by atoms with E-state index in [0.29, 0.717) is 0 Å². The Kier molecular flexibility index (Phi) is 7.66. The van der Waals surface area contributed by atoms with Crippen molar-refractivity contribution in [1.82, 2.24) is 15.1 Å². The summed E-state index contributed by atoms with van der Waals surface area (Å²) in [7, 11) is 0. The molecular formula is C24H32F2N4O5. The minimum atomic E-state index is -3.05. The molecule has 0 radical (unpaired) electrons. The van der Waals surface area contributed by atoms with E-state index < -0.39 is 60.4 Å². The highest BCUT2D eigenvalue weighted by molar-refractivity contribution is 5.88. The summed E-state index contributed by atoms with van der Waals surface area (Å²) in [5, 5.41) is 2.54. The Morgan fingerprint density at radius 2 is 1.89 bits per heavy atom. The number of fused-ring (bicyclic) bond motifs is 1. The lowest BCUT2D eigenvalue weighted by molar-refractivity contribution is -0.148. The first-order valence-electron chi connectivity index (χ1n) is 11.5. The zero-order valence-corrected chi connectivity index (χ0v) is 20.2. The van der Waals surface area contributed by atoms with Crippen molar-refractivity contribution in [1.29, 1.82) is 0 Å². The molecule has 0 aliphatic carbocycles. The van der Waals surface area contributed by atoms with Crippen LogP contribution in [-0.2, 0) is 32.1 Å². The standard InChI is InChI=1S/C24H32F2N4O5/c1-23(2,3)35-22(34)28-17(13-29-14-24(25,26)9-8-19(29)31)11-20(32)30-12-16-7-5-4-6-15(16)10-18(30)21(27)33/h4-7,17-18H,8-14H2,1-3H3,(H2,27,33)(H,28,34)/t17-,18-/m0/s1. The van der Waals surface area contributed by atoms with Gasteiger partial charge in [-0.1, -0.05) is 24.3 Å². The van der Waals surface area contributed by atoms with Crippen molar-refractivity contribution < 1.29 is 32.7 Å². The van der Waals surface area contributed by atoms with E-state index in [-0.39, 0.29) is 32.4 Å². The number of hydrogen-bond donors (Lipinski definition) is 2.